The Balaban J connectivity index is 2.19. The predicted molar refractivity (Wildman–Crippen MR) is 97.2 cm³/mol. The molecule has 0 aliphatic carbocycles. The molecular weight excluding hydrogens is 356 g/mol. The summed E-state index contributed by atoms with van der Waals surface area (Å²) >= 11 is 0. The molecule has 0 saturated heterocycles. The fourth-order valence-corrected chi connectivity index (χ4v) is 2.66. The molecule has 140 valence electrons. The number of nitrogens with one attached hydrogen (secondary N) is 1. The van der Waals surface area contributed by atoms with Gasteiger partial charge in [-0.3, -0.25) is 20.2 Å². The van der Waals surface area contributed by atoms with Gasteiger partial charge in [-0.15, -0.1) is 0 Å². The zero-order chi connectivity index (χ0) is 19.6. The van der Waals surface area contributed by atoms with Crippen LogP contribution in [0.1, 0.15) is 13.8 Å². The summed E-state index contributed by atoms with van der Waals surface area (Å²) in [5.74, 6) is 0.765. The molecule has 10 nitrogen and oxygen atoms in total. The van der Waals surface area contributed by atoms with Gasteiger partial charge < -0.3 is 14.5 Å². The molecule has 0 radical (unpaired) electrons. The van der Waals surface area contributed by atoms with Crippen LogP contribution in [0.15, 0.2) is 30.3 Å². The molecule has 27 heavy (non-hydrogen) atoms. The van der Waals surface area contributed by atoms with Gasteiger partial charge in [0.2, 0.25) is 5.75 Å². The molecular formula is C17H16N4O6. The standard InChI is InChI=1S/C17H16N4O6/c1-3-26-15-9-16(27-4-2)14(21(24)25)8-11(15)17-18-12-6-5-10(20(22)23)7-13(12)19-17/h5-9H,3-4H2,1-2H3,(H,18,19). The van der Waals surface area contributed by atoms with Gasteiger partial charge in [-0.05, 0) is 19.9 Å². The van der Waals surface area contributed by atoms with Gasteiger partial charge in [0.25, 0.3) is 5.69 Å². The lowest BCUT2D eigenvalue weighted by atomic mass is 10.1. The Morgan fingerprint density at radius 1 is 1.00 bits per heavy atom. The molecule has 0 bridgehead atoms. The van der Waals surface area contributed by atoms with Gasteiger partial charge in [-0.25, -0.2) is 4.98 Å². The maximum atomic E-state index is 11.4. The molecule has 0 spiro atoms. The van der Waals surface area contributed by atoms with Crippen LogP contribution in [0.4, 0.5) is 11.4 Å². The highest BCUT2D eigenvalue weighted by molar-refractivity contribution is 5.83. The second-order valence-corrected chi connectivity index (χ2v) is 5.48. The maximum absolute atomic E-state index is 11.4. The Labute approximate surface area is 153 Å². The number of ether oxygens (including phenoxy) is 2. The largest absolute Gasteiger partial charge is 0.493 e. The normalized spacial score (nSPS) is 10.7. The van der Waals surface area contributed by atoms with Crippen molar-refractivity contribution >= 4 is 22.4 Å². The molecule has 10 heteroatoms. The molecule has 0 saturated carbocycles. The number of hydrogen-bond acceptors (Lipinski definition) is 7. The van der Waals surface area contributed by atoms with Crippen molar-refractivity contribution in [3.63, 3.8) is 0 Å². The highest BCUT2D eigenvalue weighted by Crippen LogP contribution is 2.40. The summed E-state index contributed by atoms with van der Waals surface area (Å²) in [6.07, 6.45) is 0. The Bertz CT molecular complexity index is 1030. The first-order chi connectivity index (χ1) is 12.9. The average molecular weight is 372 g/mol. The maximum Gasteiger partial charge on any atom is 0.311 e. The summed E-state index contributed by atoms with van der Waals surface area (Å²) in [5, 5.41) is 22.4. The lowest BCUT2D eigenvalue weighted by molar-refractivity contribution is -0.385. The first kappa shape index (κ1) is 18.1. The number of rotatable bonds is 7. The smallest absolute Gasteiger partial charge is 0.311 e. The quantitative estimate of drug-likeness (QED) is 0.492. The molecule has 0 aliphatic rings. The van der Waals surface area contributed by atoms with E-state index in [1.807, 2.05) is 0 Å². The number of aromatic amines is 1. The van der Waals surface area contributed by atoms with E-state index in [1.54, 1.807) is 13.8 Å². The summed E-state index contributed by atoms with van der Waals surface area (Å²) in [7, 11) is 0. The monoisotopic (exact) mass is 372 g/mol. The van der Waals surface area contributed by atoms with Crippen LogP contribution in [-0.4, -0.2) is 33.0 Å². The van der Waals surface area contributed by atoms with E-state index in [2.05, 4.69) is 9.97 Å². The second-order valence-electron chi connectivity index (χ2n) is 5.48. The number of non-ortho nitro benzene ring substituents is 1. The van der Waals surface area contributed by atoms with Crippen molar-refractivity contribution < 1.29 is 19.3 Å². The van der Waals surface area contributed by atoms with Crippen LogP contribution in [0.3, 0.4) is 0 Å². The van der Waals surface area contributed by atoms with Crippen LogP contribution in [0.25, 0.3) is 22.4 Å². The van der Waals surface area contributed by atoms with Crippen LogP contribution in [-0.2, 0) is 0 Å². The van der Waals surface area contributed by atoms with Crippen LogP contribution in [0.2, 0.25) is 0 Å². The van der Waals surface area contributed by atoms with Crippen molar-refractivity contribution in [1.82, 2.24) is 9.97 Å². The highest BCUT2D eigenvalue weighted by Gasteiger charge is 2.23. The molecule has 2 aromatic carbocycles. The van der Waals surface area contributed by atoms with Crippen LogP contribution in [0.5, 0.6) is 11.5 Å². The Hall–Kier alpha value is -3.69. The number of hydrogen-bond donors (Lipinski definition) is 1. The van der Waals surface area contributed by atoms with Gasteiger partial charge >= 0.3 is 5.69 Å². The third-order valence-electron chi connectivity index (χ3n) is 3.79. The first-order valence-electron chi connectivity index (χ1n) is 8.17. The SMILES string of the molecule is CCOc1cc(OCC)c([N+](=O)[O-])cc1-c1nc2ccc([N+](=O)[O-])cc2[nH]1. The minimum atomic E-state index is -0.544. The van der Waals surface area contributed by atoms with Crippen molar-refractivity contribution in [1.29, 1.82) is 0 Å². The number of nitro benzene ring substituents is 2. The van der Waals surface area contributed by atoms with Crippen molar-refractivity contribution in [2.75, 3.05) is 13.2 Å². The fraction of sp³-hybridized carbons (Fsp3) is 0.235. The fourth-order valence-electron chi connectivity index (χ4n) is 2.66. The van der Waals surface area contributed by atoms with E-state index in [0.29, 0.717) is 34.8 Å². The molecule has 0 fully saturated rings. The number of imidazole rings is 1. The van der Waals surface area contributed by atoms with E-state index < -0.39 is 9.85 Å². The van der Waals surface area contributed by atoms with Crippen molar-refractivity contribution in [2.24, 2.45) is 0 Å². The van der Waals surface area contributed by atoms with Crippen LogP contribution in [0, 0.1) is 20.2 Å². The van der Waals surface area contributed by atoms with Crippen LogP contribution < -0.4 is 9.47 Å². The summed E-state index contributed by atoms with van der Waals surface area (Å²) in [5.41, 5.74) is 1.00. The molecule has 3 aromatic rings. The Morgan fingerprint density at radius 2 is 1.70 bits per heavy atom. The zero-order valence-corrected chi connectivity index (χ0v) is 14.6. The number of benzene rings is 2. The van der Waals surface area contributed by atoms with E-state index in [9.17, 15) is 20.2 Å². The van der Waals surface area contributed by atoms with Gasteiger partial charge in [-0.1, -0.05) is 0 Å². The summed E-state index contributed by atoms with van der Waals surface area (Å²) in [6, 6.07) is 6.99. The summed E-state index contributed by atoms with van der Waals surface area (Å²) < 4.78 is 11.0. The van der Waals surface area contributed by atoms with E-state index in [-0.39, 0.29) is 23.7 Å². The molecule has 0 unspecified atom stereocenters. The zero-order valence-electron chi connectivity index (χ0n) is 14.6. The number of nitro groups is 2. The second kappa shape index (κ2) is 7.28. The third kappa shape index (κ3) is 3.50. The van der Waals surface area contributed by atoms with Gasteiger partial charge in [0, 0.05) is 24.3 Å². The molecule has 3 rings (SSSR count). The van der Waals surface area contributed by atoms with Crippen molar-refractivity contribution in [3.05, 3.63) is 50.6 Å². The van der Waals surface area contributed by atoms with Gasteiger partial charge in [0.15, 0.2) is 0 Å². The molecule has 0 atom stereocenters. The predicted octanol–water partition coefficient (Wildman–Crippen LogP) is 3.84. The molecule has 0 aliphatic heterocycles. The topological polar surface area (TPSA) is 133 Å². The minimum Gasteiger partial charge on any atom is -0.493 e. The van der Waals surface area contributed by atoms with E-state index in [0.717, 1.165) is 0 Å². The van der Waals surface area contributed by atoms with Crippen molar-refractivity contribution in [3.8, 4) is 22.9 Å². The van der Waals surface area contributed by atoms with E-state index >= 15 is 0 Å². The first-order valence-corrected chi connectivity index (χ1v) is 8.17. The molecule has 1 heterocycles. The number of H-pyrrole nitrogens is 1. The van der Waals surface area contributed by atoms with Gasteiger partial charge in [-0.2, -0.15) is 0 Å². The number of nitrogens with zero attached hydrogens (tertiary/aromatic N) is 3. The number of aromatic nitrogens is 2. The summed E-state index contributed by atoms with van der Waals surface area (Å²) in [4.78, 5) is 28.7. The molecule has 1 aromatic heterocycles. The molecule has 0 amide bonds. The van der Waals surface area contributed by atoms with Gasteiger partial charge in [0.05, 0.1) is 39.7 Å². The minimum absolute atomic E-state index is 0.0830. The van der Waals surface area contributed by atoms with E-state index in [4.69, 9.17) is 9.47 Å². The Kier molecular flexibility index (Phi) is 4.88. The van der Waals surface area contributed by atoms with Crippen LogP contribution >= 0.6 is 0 Å². The lowest BCUT2D eigenvalue weighted by Gasteiger charge is -2.11. The highest BCUT2D eigenvalue weighted by atomic mass is 16.6. The summed E-state index contributed by atoms with van der Waals surface area (Å²) in [6.45, 7) is 4.11. The molecule has 1 N–H and O–H groups in total. The third-order valence-corrected chi connectivity index (χ3v) is 3.79. The lowest BCUT2D eigenvalue weighted by Crippen LogP contribution is -2.01. The Morgan fingerprint density at radius 3 is 2.33 bits per heavy atom. The van der Waals surface area contributed by atoms with Gasteiger partial charge in [0.1, 0.15) is 11.6 Å². The van der Waals surface area contributed by atoms with E-state index in [1.165, 1.54) is 30.3 Å². The van der Waals surface area contributed by atoms with Crippen molar-refractivity contribution in [2.45, 2.75) is 13.8 Å². The average Bonchev–Trinajstić information content (AvgIpc) is 3.05. The number of fused-ring (bicyclic) bond motifs is 1.